The van der Waals surface area contributed by atoms with E-state index in [2.05, 4.69) is 10.3 Å². The fourth-order valence-electron chi connectivity index (χ4n) is 2.25. The van der Waals surface area contributed by atoms with E-state index in [-0.39, 0.29) is 22.9 Å². The number of aromatic amines is 1. The van der Waals surface area contributed by atoms with Crippen LogP contribution in [0.15, 0.2) is 48.7 Å². The number of benzene rings is 2. The van der Waals surface area contributed by atoms with Crippen molar-refractivity contribution in [3.05, 3.63) is 65.1 Å². The maximum atomic E-state index is 13.7. The molecule has 0 aliphatic heterocycles. The Labute approximate surface area is 125 Å². The highest BCUT2D eigenvalue weighted by molar-refractivity contribution is 6.31. The van der Waals surface area contributed by atoms with Crippen molar-refractivity contribution in [3.63, 3.8) is 0 Å². The number of halogens is 2. The van der Waals surface area contributed by atoms with Crippen LogP contribution in [0.4, 0.5) is 10.1 Å². The molecule has 3 rings (SSSR count). The molecule has 3 nitrogen and oxygen atoms in total. The molecule has 2 aromatic carbocycles. The molecule has 106 valence electrons. The standard InChI is InChI=1S/C16H12ClFN2O/c17-12-3-1-4-13(18)11(12)9-16(21)20-15-6-2-5-14-10(15)7-8-19-14/h1-8,19H,9H2,(H,20,21). The molecule has 2 N–H and O–H groups in total. The first-order valence-electron chi connectivity index (χ1n) is 6.44. The van der Waals surface area contributed by atoms with Gasteiger partial charge in [0.2, 0.25) is 5.91 Å². The van der Waals surface area contributed by atoms with Crippen molar-refractivity contribution in [1.82, 2.24) is 4.98 Å². The van der Waals surface area contributed by atoms with Crippen LogP contribution in [0.25, 0.3) is 10.9 Å². The van der Waals surface area contributed by atoms with Crippen molar-refractivity contribution in [2.24, 2.45) is 0 Å². The van der Waals surface area contributed by atoms with E-state index in [1.54, 1.807) is 18.3 Å². The van der Waals surface area contributed by atoms with Gasteiger partial charge in [0.1, 0.15) is 5.82 Å². The first-order chi connectivity index (χ1) is 10.1. The Kier molecular flexibility index (Phi) is 3.62. The molecule has 21 heavy (non-hydrogen) atoms. The molecule has 0 fully saturated rings. The molecular formula is C16H12ClFN2O. The monoisotopic (exact) mass is 302 g/mol. The fourth-order valence-corrected chi connectivity index (χ4v) is 2.48. The van der Waals surface area contributed by atoms with E-state index >= 15 is 0 Å². The van der Waals surface area contributed by atoms with Crippen LogP contribution < -0.4 is 5.32 Å². The summed E-state index contributed by atoms with van der Waals surface area (Å²) in [6.45, 7) is 0. The first-order valence-corrected chi connectivity index (χ1v) is 6.82. The molecule has 0 bridgehead atoms. The number of hydrogen-bond donors (Lipinski definition) is 2. The summed E-state index contributed by atoms with van der Waals surface area (Å²) in [5.41, 5.74) is 1.82. The van der Waals surface area contributed by atoms with Gasteiger partial charge in [-0.05, 0) is 30.3 Å². The molecule has 1 aromatic heterocycles. The fraction of sp³-hybridized carbons (Fsp3) is 0.0625. The van der Waals surface area contributed by atoms with Crippen LogP contribution in [0, 0.1) is 5.82 Å². The number of rotatable bonds is 3. The van der Waals surface area contributed by atoms with Gasteiger partial charge in [0.25, 0.3) is 0 Å². The van der Waals surface area contributed by atoms with Gasteiger partial charge in [0, 0.05) is 27.7 Å². The van der Waals surface area contributed by atoms with E-state index in [1.165, 1.54) is 12.1 Å². The summed E-state index contributed by atoms with van der Waals surface area (Å²) in [6, 6.07) is 11.8. The average molecular weight is 303 g/mol. The second-order valence-corrected chi connectivity index (χ2v) is 5.08. The van der Waals surface area contributed by atoms with Crippen molar-refractivity contribution < 1.29 is 9.18 Å². The largest absolute Gasteiger partial charge is 0.361 e. The number of carbonyl (C=O) groups excluding carboxylic acids is 1. The smallest absolute Gasteiger partial charge is 0.228 e. The average Bonchev–Trinajstić information content (AvgIpc) is 2.93. The van der Waals surface area contributed by atoms with Gasteiger partial charge in [-0.25, -0.2) is 4.39 Å². The van der Waals surface area contributed by atoms with Crippen molar-refractivity contribution in [3.8, 4) is 0 Å². The highest BCUT2D eigenvalue weighted by Crippen LogP contribution is 2.23. The van der Waals surface area contributed by atoms with Crippen LogP contribution in [-0.2, 0) is 11.2 Å². The molecule has 3 aromatic rings. The minimum Gasteiger partial charge on any atom is -0.361 e. The lowest BCUT2D eigenvalue weighted by Gasteiger charge is -2.08. The van der Waals surface area contributed by atoms with Gasteiger partial charge >= 0.3 is 0 Å². The Morgan fingerprint density at radius 2 is 2.00 bits per heavy atom. The number of H-pyrrole nitrogens is 1. The number of hydrogen-bond acceptors (Lipinski definition) is 1. The van der Waals surface area contributed by atoms with Crippen LogP contribution in [0.3, 0.4) is 0 Å². The lowest BCUT2D eigenvalue weighted by Crippen LogP contribution is -2.15. The van der Waals surface area contributed by atoms with E-state index in [1.807, 2.05) is 18.2 Å². The molecule has 0 saturated heterocycles. The highest BCUT2D eigenvalue weighted by atomic mass is 35.5. The number of anilines is 1. The normalized spacial score (nSPS) is 10.8. The molecule has 0 saturated carbocycles. The summed E-state index contributed by atoms with van der Waals surface area (Å²) in [4.78, 5) is 15.2. The van der Waals surface area contributed by atoms with Gasteiger partial charge in [-0.15, -0.1) is 0 Å². The van der Waals surface area contributed by atoms with Crippen molar-refractivity contribution >= 4 is 34.1 Å². The molecule has 0 aliphatic carbocycles. The molecule has 1 amide bonds. The number of carbonyl (C=O) groups is 1. The van der Waals surface area contributed by atoms with Gasteiger partial charge in [0.05, 0.1) is 12.1 Å². The SMILES string of the molecule is O=C(Cc1c(F)cccc1Cl)Nc1cccc2[nH]ccc12. The number of amides is 1. The molecule has 5 heteroatoms. The summed E-state index contributed by atoms with van der Waals surface area (Å²) in [5, 5.41) is 3.95. The molecule has 0 unspecified atom stereocenters. The Bertz CT molecular complexity index is 793. The predicted molar refractivity (Wildman–Crippen MR) is 82.0 cm³/mol. The van der Waals surface area contributed by atoms with Gasteiger partial charge < -0.3 is 10.3 Å². The molecule has 0 atom stereocenters. The van der Waals surface area contributed by atoms with E-state index in [4.69, 9.17) is 11.6 Å². The van der Waals surface area contributed by atoms with Gasteiger partial charge in [-0.3, -0.25) is 4.79 Å². The first kappa shape index (κ1) is 13.6. The van der Waals surface area contributed by atoms with Gasteiger partial charge in [-0.1, -0.05) is 23.7 Å². The lowest BCUT2D eigenvalue weighted by atomic mass is 10.1. The van der Waals surface area contributed by atoms with Gasteiger partial charge in [0.15, 0.2) is 0 Å². The minimum atomic E-state index is -0.475. The Morgan fingerprint density at radius 3 is 2.81 bits per heavy atom. The quantitative estimate of drug-likeness (QED) is 0.750. The molecular weight excluding hydrogens is 291 g/mol. The van der Waals surface area contributed by atoms with Crippen LogP contribution in [0.2, 0.25) is 5.02 Å². The van der Waals surface area contributed by atoms with Crippen LogP contribution >= 0.6 is 11.6 Å². The van der Waals surface area contributed by atoms with Crippen molar-refractivity contribution in [2.45, 2.75) is 6.42 Å². The number of fused-ring (bicyclic) bond motifs is 1. The third kappa shape index (κ3) is 2.76. The Morgan fingerprint density at radius 1 is 1.19 bits per heavy atom. The van der Waals surface area contributed by atoms with E-state index < -0.39 is 5.82 Å². The molecule has 0 aliphatic rings. The maximum Gasteiger partial charge on any atom is 0.228 e. The summed E-state index contributed by atoms with van der Waals surface area (Å²) in [7, 11) is 0. The van der Waals surface area contributed by atoms with Crippen LogP contribution in [-0.4, -0.2) is 10.9 Å². The molecule has 1 heterocycles. The van der Waals surface area contributed by atoms with E-state index in [0.717, 1.165) is 10.9 Å². The number of nitrogens with one attached hydrogen (secondary N) is 2. The summed E-state index contributed by atoms with van der Waals surface area (Å²) < 4.78 is 13.7. The zero-order valence-corrected chi connectivity index (χ0v) is 11.7. The third-order valence-corrected chi connectivity index (χ3v) is 3.62. The second kappa shape index (κ2) is 5.58. The van der Waals surface area contributed by atoms with Crippen LogP contribution in [0.1, 0.15) is 5.56 Å². The zero-order valence-electron chi connectivity index (χ0n) is 11.0. The molecule has 0 radical (unpaired) electrons. The number of aromatic nitrogens is 1. The maximum absolute atomic E-state index is 13.7. The lowest BCUT2D eigenvalue weighted by molar-refractivity contribution is -0.115. The Balaban J connectivity index is 1.82. The second-order valence-electron chi connectivity index (χ2n) is 4.67. The van der Waals surface area contributed by atoms with E-state index in [0.29, 0.717) is 5.69 Å². The van der Waals surface area contributed by atoms with Crippen molar-refractivity contribution in [2.75, 3.05) is 5.32 Å². The summed E-state index contributed by atoms with van der Waals surface area (Å²) in [5.74, 6) is -0.784. The summed E-state index contributed by atoms with van der Waals surface area (Å²) >= 11 is 5.93. The van der Waals surface area contributed by atoms with Crippen LogP contribution in [0.5, 0.6) is 0 Å². The van der Waals surface area contributed by atoms with Gasteiger partial charge in [-0.2, -0.15) is 0 Å². The minimum absolute atomic E-state index is 0.105. The zero-order chi connectivity index (χ0) is 14.8. The Hall–Kier alpha value is -2.33. The van der Waals surface area contributed by atoms with Crippen molar-refractivity contribution in [1.29, 1.82) is 0 Å². The summed E-state index contributed by atoms with van der Waals surface area (Å²) in [6.07, 6.45) is 1.69. The predicted octanol–water partition coefficient (Wildman–Crippen LogP) is 4.14. The van der Waals surface area contributed by atoms with E-state index in [9.17, 15) is 9.18 Å². The molecule has 0 spiro atoms. The topological polar surface area (TPSA) is 44.9 Å². The highest BCUT2D eigenvalue weighted by Gasteiger charge is 2.13. The third-order valence-electron chi connectivity index (χ3n) is 3.27.